The Kier molecular flexibility index (Phi) is 2.46. The molecule has 1 aromatic heterocycles. The molecular weight excluding hydrogens is 216 g/mol. The van der Waals surface area contributed by atoms with Crippen molar-refractivity contribution in [3.8, 4) is 5.88 Å². The van der Waals surface area contributed by atoms with Crippen molar-refractivity contribution in [2.75, 3.05) is 18.6 Å². The fourth-order valence-electron chi connectivity index (χ4n) is 1.88. The van der Waals surface area contributed by atoms with Gasteiger partial charge in [0.05, 0.1) is 30.4 Å². The highest BCUT2D eigenvalue weighted by molar-refractivity contribution is 7.91. The molecule has 84 valence electrons. The maximum absolute atomic E-state index is 11.3. The zero-order valence-corrected chi connectivity index (χ0v) is 9.62. The normalized spacial score (nSPS) is 24.3. The first-order valence-electron chi connectivity index (χ1n) is 4.82. The molecule has 1 aliphatic heterocycles. The smallest absolute Gasteiger partial charge is 0.211 e. The van der Waals surface area contributed by atoms with Crippen molar-refractivity contribution in [3.05, 3.63) is 11.8 Å². The van der Waals surface area contributed by atoms with Crippen LogP contribution in [0.5, 0.6) is 5.88 Å². The van der Waals surface area contributed by atoms with Gasteiger partial charge in [-0.2, -0.15) is 5.10 Å². The predicted octanol–water partition coefficient (Wildman–Crippen LogP) is 0.560. The molecular formula is C9H14N2O3S. The molecule has 5 nitrogen and oxygen atoms in total. The van der Waals surface area contributed by atoms with Gasteiger partial charge >= 0.3 is 0 Å². The standard InChI is InChI=1S/C9H14N2O3S/c1-7-5-9(14-2)11(10-7)8-3-4-15(12,13)6-8/h5,8H,3-4,6H2,1-2H3. The third-order valence-corrected chi connectivity index (χ3v) is 4.34. The summed E-state index contributed by atoms with van der Waals surface area (Å²) in [5, 5.41) is 4.26. The van der Waals surface area contributed by atoms with E-state index in [9.17, 15) is 8.42 Å². The first kappa shape index (κ1) is 10.5. The summed E-state index contributed by atoms with van der Waals surface area (Å²) in [7, 11) is -1.31. The van der Waals surface area contributed by atoms with E-state index < -0.39 is 9.84 Å². The van der Waals surface area contributed by atoms with E-state index in [4.69, 9.17) is 4.74 Å². The van der Waals surface area contributed by atoms with Crippen LogP contribution in [0.25, 0.3) is 0 Å². The summed E-state index contributed by atoms with van der Waals surface area (Å²) in [6, 6.07) is 1.74. The molecule has 1 fully saturated rings. The second-order valence-corrected chi connectivity index (χ2v) is 6.06. The highest BCUT2D eigenvalue weighted by Crippen LogP contribution is 2.27. The number of methoxy groups -OCH3 is 1. The fourth-order valence-corrected chi connectivity index (χ4v) is 3.57. The fraction of sp³-hybridized carbons (Fsp3) is 0.667. The molecule has 1 atom stereocenters. The van der Waals surface area contributed by atoms with Gasteiger partial charge in [-0.05, 0) is 13.3 Å². The Balaban J connectivity index is 2.30. The van der Waals surface area contributed by atoms with E-state index >= 15 is 0 Å². The lowest BCUT2D eigenvalue weighted by molar-refractivity contribution is 0.339. The Hall–Kier alpha value is -1.04. The van der Waals surface area contributed by atoms with Crippen LogP contribution < -0.4 is 4.74 Å². The van der Waals surface area contributed by atoms with Gasteiger partial charge in [-0.1, -0.05) is 0 Å². The molecule has 1 unspecified atom stereocenters. The highest BCUT2D eigenvalue weighted by atomic mass is 32.2. The molecule has 0 aromatic carbocycles. The molecule has 1 saturated heterocycles. The van der Waals surface area contributed by atoms with Gasteiger partial charge in [-0.25, -0.2) is 13.1 Å². The van der Waals surface area contributed by atoms with Crippen molar-refractivity contribution in [3.63, 3.8) is 0 Å². The molecule has 1 aliphatic rings. The number of aryl methyl sites for hydroxylation is 1. The summed E-state index contributed by atoms with van der Waals surface area (Å²) in [5.74, 6) is 1.05. The third-order valence-electron chi connectivity index (χ3n) is 2.59. The minimum Gasteiger partial charge on any atom is -0.481 e. The van der Waals surface area contributed by atoms with Crippen LogP contribution in [0, 0.1) is 6.92 Å². The Labute approximate surface area is 89.0 Å². The van der Waals surface area contributed by atoms with Gasteiger partial charge in [0.2, 0.25) is 5.88 Å². The van der Waals surface area contributed by atoms with Crippen LogP contribution in [-0.4, -0.2) is 36.8 Å². The molecule has 0 aliphatic carbocycles. The average Bonchev–Trinajstić information content (AvgIpc) is 2.68. The summed E-state index contributed by atoms with van der Waals surface area (Å²) in [5.41, 5.74) is 0.844. The summed E-state index contributed by atoms with van der Waals surface area (Å²) in [4.78, 5) is 0. The molecule has 0 saturated carbocycles. The Morgan fingerprint density at radius 1 is 1.60 bits per heavy atom. The quantitative estimate of drug-likeness (QED) is 0.744. The molecule has 0 radical (unpaired) electrons. The lowest BCUT2D eigenvalue weighted by Gasteiger charge is -2.11. The summed E-state index contributed by atoms with van der Waals surface area (Å²) >= 11 is 0. The molecule has 0 bridgehead atoms. The molecule has 0 spiro atoms. The number of aromatic nitrogens is 2. The van der Waals surface area contributed by atoms with Gasteiger partial charge in [0.25, 0.3) is 0 Å². The van der Waals surface area contributed by atoms with E-state index in [1.165, 1.54) is 0 Å². The second-order valence-electron chi connectivity index (χ2n) is 3.83. The SMILES string of the molecule is COc1cc(C)nn1C1CCS(=O)(=O)C1. The van der Waals surface area contributed by atoms with Crippen LogP contribution in [0.4, 0.5) is 0 Å². The lowest BCUT2D eigenvalue weighted by atomic mass is 10.3. The summed E-state index contributed by atoms with van der Waals surface area (Å²) in [6.07, 6.45) is 0.625. The Bertz CT molecular complexity index is 464. The van der Waals surface area contributed by atoms with E-state index in [0.29, 0.717) is 12.3 Å². The minimum absolute atomic E-state index is 0.0707. The predicted molar refractivity (Wildman–Crippen MR) is 55.8 cm³/mol. The molecule has 0 N–H and O–H groups in total. The summed E-state index contributed by atoms with van der Waals surface area (Å²) in [6.45, 7) is 1.86. The van der Waals surface area contributed by atoms with Crippen molar-refractivity contribution in [1.82, 2.24) is 9.78 Å². The molecule has 2 heterocycles. The zero-order chi connectivity index (χ0) is 11.1. The molecule has 2 rings (SSSR count). The molecule has 6 heteroatoms. The van der Waals surface area contributed by atoms with Crippen LogP contribution in [-0.2, 0) is 9.84 Å². The molecule has 1 aromatic rings. The number of hydrogen-bond donors (Lipinski definition) is 0. The third kappa shape index (κ3) is 1.99. The lowest BCUT2D eigenvalue weighted by Crippen LogP contribution is -2.13. The minimum atomic E-state index is -2.88. The maximum atomic E-state index is 11.3. The van der Waals surface area contributed by atoms with E-state index in [-0.39, 0.29) is 17.5 Å². The second kappa shape index (κ2) is 3.52. The molecule has 15 heavy (non-hydrogen) atoms. The van der Waals surface area contributed by atoms with Gasteiger partial charge in [0, 0.05) is 6.07 Å². The topological polar surface area (TPSA) is 61.2 Å². The number of ether oxygens (including phenoxy) is 1. The number of rotatable bonds is 2. The van der Waals surface area contributed by atoms with Gasteiger partial charge in [0.15, 0.2) is 9.84 Å². The van der Waals surface area contributed by atoms with Crippen molar-refractivity contribution in [2.45, 2.75) is 19.4 Å². The zero-order valence-electron chi connectivity index (χ0n) is 8.80. The maximum Gasteiger partial charge on any atom is 0.211 e. The van der Waals surface area contributed by atoms with Crippen LogP contribution in [0.15, 0.2) is 6.07 Å². The van der Waals surface area contributed by atoms with Crippen molar-refractivity contribution >= 4 is 9.84 Å². The van der Waals surface area contributed by atoms with Crippen LogP contribution >= 0.6 is 0 Å². The van der Waals surface area contributed by atoms with E-state index in [2.05, 4.69) is 5.10 Å². The van der Waals surface area contributed by atoms with Crippen molar-refractivity contribution in [1.29, 1.82) is 0 Å². The van der Waals surface area contributed by atoms with Crippen LogP contribution in [0.1, 0.15) is 18.2 Å². The number of sulfone groups is 1. The van der Waals surface area contributed by atoms with Gasteiger partial charge in [-0.3, -0.25) is 0 Å². The average molecular weight is 230 g/mol. The van der Waals surface area contributed by atoms with Crippen molar-refractivity contribution in [2.24, 2.45) is 0 Å². The van der Waals surface area contributed by atoms with E-state index in [0.717, 1.165) is 5.69 Å². The van der Waals surface area contributed by atoms with Gasteiger partial charge in [-0.15, -0.1) is 0 Å². The number of nitrogens with zero attached hydrogens (tertiary/aromatic N) is 2. The Morgan fingerprint density at radius 3 is 2.87 bits per heavy atom. The van der Waals surface area contributed by atoms with Crippen LogP contribution in [0.3, 0.4) is 0 Å². The first-order chi connectivity index (χ1) is 7.02. The largest absolute Gasteiger partial charge is 0.481 e. The first-order valence-corrected chi connectivity index (χ1v) is 6.64. The van der Waals surface area contributed by atoms with E-state index in [1.807, 2.05) is 13.0 Å². The Morgan fingerprint density at radius 2 is 2.33 bits per heavy atom. The van der Waals surface area contributed by atoms with E-state index in [1.54, 1.807) is 11.8 Å². The monoisotopic (exact) mass is 230 g/mol. The highest BCUT2D eigenvalue weighted by Gasteiger charge is 2.31. The van der Waals surface area contributed by atoms with Crippen molar-refractivity contribution < 1.29 is 13.2 Å². The number of hydrogen-bond acceptors (Lipinski definition) is 4. The molecule has 0 amide bonds. The summed E-state index contributed by atoms with van der Waals surface area (Å²) < 4.78 is 29.5. The van der Waals surface area contributed by atoms with Gasteiger partial charge in [0.1, 0.15) is 0 Å². The van der Waals surface area contributed by atoms with Gasteiger partial charge < -0.3 is 4.74 Å². The van der Waals surface area contributed by atoms with Crippen LogP contribution in [0.2, 0.25) is 0 Å².